The minimum absolute atomic E-state index is 0.0580. The van der Waals surface area contributed by atoms with Gasteiger partial charge < -0.3 is 9.47 Å². The maximum atomic E-state index is 13.5. The molecule has 0 unspecified atom stereocenters. The lowest BCUT2D eigenvalue weighted by atomic mass is 10.3. The largest absolute Gasteiger partial charge is 0.493 e. The molecular weight excluding hydrogens is 418 g/mol. The number of sulfonamides is 1. The molecule has 1 aliphatic carbocycles. The second-order valence-electron chi connectivity index (χ2n) is 7.40. The molecule has 2 heterocycles. The Kier molecular flexibility index (Phi) is 4.47. The first-order valence-electron chi connectivity index (χ1n) is 9.80. The van der Waals surface area contributed by atoms with Crippen LogP contribution < -0.4 is 13.8 Å². The summed E-state index contributed by atoms with van der Waals surface area (Å²) in [6.45, 7) is 0. The number of rotatable bonds is 6. The molecule has 2 aromatic carbocycles. The van der Waals surface area contributed by atoms with Gasteiger partial charge >= 0.3 is 0 Å². The summed E-state index contributed by atoms with van der Waals surface area (Å²) in [6, 6.07) is 12.1. The van der Waals surface area contributed by atoms with Gasteiger partial charge in [-0.3, -0.25) is 4.40 Å². The lowest BCUT2D eigenvalue weighted by molar-refractivity contribution is 0.354. The number of hydrogen-bond donors (Lipinski definition) is 0. The zero-order valence-corrected chi connectivity index (χ0v) is 18.1. The topological polar surface area (TPSA) is 98.9 Å². The van der Waals surface area contributed by atoms with Gasteiger partial charge in [0.05, 0.1) is 30.1 Å². The van der Waals surface area contributed by atoms with Gasteiger partial charge in [-0.25, -0.2) is 17.7 Å². The summed E-state index contributed by atoms with van der Waals surface area (Å²) in [5, 5.41) is 8.69. The molecule has 10 heteroatoms. The normalized spacial score (nSPS) is 14.2. The van der Waals surface area contributed by atoms with Crippen LogP contribution in [0.4, 0.5) is 5.82 Å². The van der Waals surface area contributed by atoms with Gasteiger partial charge in [-0.1, -0.05) is 12.1 Å². The van der Waals surface area contributed by atoms with Crippen LogP contribution in [0.2, 0.25) is 0 Å². The summed E-state index contributed by atoms with van der Waals surface area (Å²) >= 11 is 0. The Morgan fingerprint density at radius 1 is 1.03 bits per heavy atom. The van der Waals surface area contributed by atoms with Crippen LogP contribution in [0, 0.1) is 0 Å². The van der Waals surface area contributed by atoms with Gasteiger partial charge in [0.1, 0.15) is 5.82 Å². The molecular formula is C21H21N5O4S. The zero-order valence-electron chi connectivity index (χ0n) is 17.3. The lowest BCUT2D eigenvalue weighted by Crippen LogP contribution is -2.28. The maximum Gasteiger partial charge on any atom is 0.265 e. The van der Waals surface area contributed by atoms with Crippen molar-refractivity contribution in [1.82, 2.24) is 19.6 Å². The van der Waals surface area contributed by atoms with E-state index in [9.17, 15) is 8.42 Å². The molecule has 31 heavy (non-hydrogen) atoms. The highest BCUT2D eigenvalue weighted by atomic mass is 32.2. The fourth-order valence-corrected chi connectivity index (χ4v) is 4.82. The van der Waals surface area contributed by atoms with Crippen molar-refractivity contribution in [2.75, 3.05) is 25.6 Å². The van der Waals surface area contributed by atoms with Crippen LogP contribution in [0.3, 0.4) is 0 Å². The van der Waals surface area contributed by atoms with Crippen molar-refractivity contribution in [2.45, 2.75) is 23.7 Å². The predicted octanol–water partition coefficient (Wildman–Crippen LogP) is 3.00. The minimum atomic E-state index is -3.95. The average molecular weight is 439 g/mol. The van der Waals surface area contributed by atoms with E-state index in [1.807, 2.05) is 28.7 Å². The van der Waals surface area contributed by atoms with Gasteiger partial charge in [0.15, 0.2) is 17.3 Å². The molecule has 1 saturated carbocycles. The molecule has 0 bridgehead atoms. The molecule has 1 aliphatic rings. The number of hydrogen-bond acceptors (Lipinski definition) is 7. The molecule has 1 fully saturated rings. The Hall–Kier alpha value is -3.40. The van der Waals surface area contributed by atoms with E-state index in [-0.39, 0.29) is 10.7 Å². The summed E-state index contributed by atoms with van der Waals surface area (Å²) < 4.78 is 40.5. The highest BCUT2D eigenvalue weighted by Crippen LogP contribution is 2.41. The Morgan fingerprint density at radius 3 is 2.48 bits per heavy atom. The van der Waals surface area contributed by atoms with Gasteiger partial charge in [-0.2, -0.15) is 0 Å². The van der Waals surface area contributed by atoms with Crippen molar-refractivity contribution in [2.24, 2.45) is 0 Å². The number of para-hydroxylation sites is 2. The molecule has 0 atom stereocenters. The van der Waals surface area contributed by atoms with E-state index in [0.29, 0.717) is 28.6 Å². The van der Waals surface area contributed by atoms with Crippen molar-refractivity contribution in [3.05, 3.63) is 48.3 Å². The maximum absolute atomic E-state index is 13.5. The highest BCUT2D eigenvalue weighted by Gasteiger charge is 2.32. The standard InChI is InChI=1S/C21H21N5O4S/c1-25(31(27,28)14-10-11-17(29-2)18(12-14)30-3)20-21-24-23-19(13-8-9-13)26(21)16-7-5-4-6-15(16)22-20/h4-7,10-13H,8-9H2,1-3H3. The Bertz CT molecular complexity index is 1410. The molecule has 0 saturated heterocycles. The van der Waals surface area contributed by atoms with E-state index in [0.717, 1.165) is 28.5 Å². The number of methoxy groups -OCH3 is 2. The molecule has 0 spiro atoms. The third-order valence-corrected chi connectivity index (χ3v) is 7.23. The fraction of sp³-hybridized carbons (Fsp3) is 0.286. The third kappa shape index (κ3) is 3.05. The summed E-state index contributed by atoms with van der Waals surface area (Å²) in [5.74, 6) is 2.16. The van der Waals surface area contributed by atoms with Crippen molar-refractivity contribution >= 4 is 32.5 Å². The summed E-state index contributed by atoms with van der Waals surface area (Å²) in [6.07, 6.45) is 2.10. The molecule has 160 valence electrons. The van der Waals surface area contributed by atoms with E-state index in [1.165, 1.54) is 33.4 Å². The molecule has 9 nitrogen and oxygen atoms in total. The quantitative estimate of drug-likeness (QED) is 0.455. The van der Waals surface area contributed by atoms with Gasteiger partial charge in [-0.15, -0.1) is 10.2 Å². The predicted molar refractivity (Wildman–Crippen MR) is 115 cm³/mol. The Labute approximate surface area is 179 Å². The van der Waals surface area contributed by atoms with Crippen LogP contribution in [0.5, 0.6) is 11.5 Å². The minimum Gasteiger partial charge on any atom is -0.493 e. The van der Waals surface area contributed by atoms with Crippen LogP contribution in [-0.4, -0.2) is 49.3 Å². The first-order chi connectivity index (χ1) is 15.0. The number of ether oxygens (including phenoxy) is 2. The first-order valence-corrected chi connectivity index (χ1v) is 11.2. The SMILES string of the molecule is COc1ccc(S(=O)(=O)N(C)c2nc3ccccc3n3c(C4CC4)nnc23)cc1OC. The monoisotopic (exact) mass is 439 g/mol. The van der Waals surface area contributed by atoms with Crippen molar-refractivity contribution in [3.63, 3.8) is 0 Å². The van der Waals surface area contributed by atoms with E-state index in [1.54, 1.807) is 6.07 Å². The van der Waals surface area contributed by atoms with Crippen LogP contribution in [0.1, 0.15) is 24.6 Å². The van der Waals surface area contributed by atoms with Crippen molar-refractivity contribution in [3.8, 4) is 11.5 Å². The molecule has 5 rings (SSSR count). The summed E-state index contributed by atoms with van der Waals surface area (Å²) in [4.78, 5) is 4.69. The Morgan fingerprint density at radius 2 is 1.77 bits per heavy atom. The van der Waals surface area contributed by atoms with Gasteiger partial charge in [0.25, 0.3) is 10.0 Å². The van der Waals surface area contributed by atoms with Crippen LogP contribution in [-0.2, 0) is 10.0 Å². The number of anilines is 1. The van der Waals surface area contributed by atoms with E-state index in [2.05, 4.69) is 15.2 Å². The number of benzene rings is 2. The molecule has 2 aromatic heterocycles. The molecule has 0 N–H and O–H groups in total. The average Bonchev–Trinajstić information content (AvgIpc) is 3.55. The third-order valence-electron chi connectivity index (χ3n) is 5.49. The van der Waals surface area contributed by atoms with Crippen LogP contribution in [0.25, 0.3) is 16.7 Å². The molecule has 0 amide bonds. The number of nitrogens with zero attached hydrogens (tertiary/aromatic N) is 5. The second-order valence-corrected chi connectivity index (χ2v) is 9.37. The van der Waals surface area contributed by atoms with Crippen LogP contribution >= 0.6 is 0 Å². The lowest BCUT2D eigenvalue weighted by Gasteiger charge is -2.20. The fourth-order valence-electron chi connectivity index (χ4n) is 3.66. The second kappa shape index (κ2) is 7.09. The van der Waals surface area contributed by atoms with Crippen molar-refractivity contribution in [1.29, 1.82) is 0 Å². The molecule has 0 aliphatic heterocycles. The zero-order chi connectivity index (χ0) is 21.8. The molecule has 4 aromatic rings. The Balaban J connectivity index is 1.70. The van der Waals surface area contributed by atoms with E-state index in [4.69, 9.17) is 9.47 Å². The number of aromatic nitrogens is 4. The van der Waals surface area contributed by atoms with Crippen LogP contribution in [0.15, 0.2) is 47.4 Å². The van der Waals surface area contributed by atoms with Gasteiger partial charge in [0.2, 0.25) is 5.65 Å². The summed E-state index contributed by atoms with van der Waals surface area (Å²) in [5.41, 5.74) is 1.93. The molecule has 0 radical (unpaired) electrons. The van der Waals surface area contributed by atoms with Gasteiger partial charge in [0, 0.05) is 19.0 Å². The smallest absolute Gasteiger partial charge is 0.265 e. The van der Waals surface area contributed by atoms with E-state index >= 15 is 0 Å². The first kappa shape index (κ1) is 19.6. The summed E-state index contributed by atoms with van der Waals surface area (Å²) in [7, 11) is 0.473. The highest BCUT2D eigenvalue weighted by molar-refractivity contribution is 7.92. The number of fused-ring (bicyclic) bond motifs is 3. The van der Waals surface area contributed by atoms with Crippen molar-refractivity contribution < 1.29 is 17.9 Å². The van der Waals surface area contributed by atoms with Gasteiger partial charge in [-0.05, 0) is 37.1 Å². The van der Waals surface area contributed by atoms with E-state index < -0.39 is 10.0 Å².